The van der Waals surface area contributed by atoms with E-state index in [0.29, 0.717) is 11.3 Å². The van der Waals surface area contributed by atoms with Crippen LogP contribution in [-0.2, 0) is 4.74 Å². The van der Waals surface area contributed by atoms with Crippen molar-refractivity contribution >= 4 is 17.7 Å². The molecule has 1 aliphatic rings. The summed E-state index contributed by atoms with van der Waals surface area (Å²) in [5, 5.41) is 4.17. The molecule has 150 valence electrons. The number of carbonyl (C=O) groups excluding carboxylic acids is 2. The van der Waals surface area contributed by atoms with Crippen LogP contribution in [-0.4, -0.2) is 70.8 Å². The first-order valence-corrected chi connectivity index (χ1v) is 9.67. The number of hydrogen-bond acceptors (Lipinski definition) is 6. The van der Waals surface area contributed by atoms with Gasteiger partial charge in [-0.3, -0.25) is 9.69 Å². The lowest BCUT2D eigenvalue weighted by atomic mass is 10.1. The molecular formula is C20H27N5O3. The molecule has 2 heterocycles. The largest absolute Gasteiger partial charge is 0.462 e. The first-order valence-electron chi connectivity index (χ1n) is 9.67. The van der Waals surface area contributed by atoms with E-state index in [1.54, 1.807) is 31.2 Å². The normalized spacial score (nSPS) is 14.9. The van der Waals surface area contributed by atoms with Gasteiger partial charge < -0.3 is 15.4 Å². The van der Waals surface area contributed by atoms with Crippen LogP contribution in [0.1, 0.15) is 41.0 Å². The van der Waals surface area contributed by atoms with Gasteiger partial charge in [-0.15, -0.1) is 0 Å². The van der Waals surface area contributed by atoms with E-state index in [1.165, 1.54) is 10.9 Å². The number of carbonyl (C=O) groups is 2. The average Bonchev–Trinajstić information content (AvgIpc) is 3.10. The van der Waals surface area contributed by atoms with Crippen LogP contribution in [0.5, 0.6) is 0 Å². The molecule has 2 aromatic rings. The molecule has 0 aliphatic carbocycles. The summed E-state index contributed by atoms with van der Waals surface area (Å²) in [6.45, 7) is 8.57. The second-order valence-electron chi connectivity index (χ2n) is 6.76. The lowest BCUT2D eigenvalue weighted by molar-refractivity contribution is 0.0527. The number of nitrogen functional groups attached to an aromatic ring is 1. The van der Waals surface area contributed by atoms with Crippen molar-refractivity contribution < 1.29 is 14.3 Å². The van der Waals surface area contributed by atoms with Crippen molar-refractivity contribution in [2.45, 2.75) is 20.3 Å². The number of piperazine rings is 1. The van der Waals surface area contributed by atoms with Crippen LogP contribution < -0.4 is 5.73 Å². The van der Waals surface area contributed by atoms with E-state index in [2.05, 4.69) is 16.9 Å². The highest BCUT2D eigenvalue weighted by atomic mass is 16.5. The first-order chi connectivity index (χ1) is 13.5. The van der Waals surface area contributed by atoms with Gasteiger partial charge in [0.05, 0.1) is 18.5 Å². The maximum Gasteiger partial charge on any atom is 0.343 e. The molecule has 1 fully saturated rings. The standard InChI is InChI=1S/C20H27N5O3/c1-3-9-23-10-12-24(13-11-23)19(26)15-5-7-16(8-6-15)25-18(21)17(14-22-25)20(27)28-4-2/h5-8,14H,3-4,9-13,21H2,1-2H3. The molecular weight excluding hydrogens is 358 g/mol. The fourth-order valence-electron chi connectivity index (χ4n) is 3.35. The average molecular weight is 385 g/mol. The second kappa shape index (κ2) is 8.88. The molecule has 0 saturated carbocycles. The highest BCUT2D eigenvalue weighted by molar-refractivity contribution is 5.95. The molecule has 28 heavy (non-hydrogen) atoms. The van der Waals surface area contributed by atoms with Gasteiger partial charge in [-0.2, -0.15) is 5.10 Å². The molecule has 3 rings (SSSR count). The van der Waals surface area contributed by atoms with Gasteiger partial charge in [-0.05, 0) is 44.2 Å². The Morgan fingerprint density at radius 3 is 2.39 bits per heavy atom. The highest BCUT2D eigenvalue weighted by Crippen LogP contribution is 2.19. The Labute approximate surface area is 164 Å². The number of aromatic nitrogens is 2. The number of nitrogens with zero attached hydrogens (tertiary/aromatic N) is 4. The third kappa shape index (κ3) is 4.17. The SMILES string of the molecule is CCCN1CCN(C(=O)c2ccc(-n3ncc(C(=O)OCC)c3N)cc2)CC1. The molecule has 0 radical (unpaired) electrons. The molecule has 1 aliphatic heterocycles. The van der Waals surface area contributed by atoms with E-state index in [1.807, 2.05) is 4.90 Å². The summed E-state index contributed by atoms with van der Waals surface area (Å²) in [4.78, 5) is 28.9. The van der Waals surface area contributed by atoms with Crippen molar-refractivity contribution in [3.05, 3.63) is 41.6 Å². The number of anilines is 1. The van der Waals surface area contributed by atoms with Crippen molar-refractivity contribution in [1.29, 1.82) is 0 Å². The van der Waals surface area contributed by atoms with E-state index < -0.39 is 5.97 Å². The van der Waals surface area contributed by atoms with E-state index in [-0.39, 0.29) is 23.9 Å². The zero-order chi connectivity index (χ0) is 20.1. The summed E-state index contributed by atoms with van der Waals surface area (Å²) >= 11 is 0. The van der Waals surface area contributed by atoms with E-state index in [4.69, 9.17) is 10.5 Å². The number of hydrogen-bond donors (Lipinski definition) is 1. The predicted octanol–water partition coefficient (Wildman–Crippen LogP) is 1.80. The van der Waals surface area contributed by atoms with Crippen LogP contribution >= 0.6 is 0 Å². The van der Waals surface area contributed by atoms with Crippen LogP contribution in [0, 0.1) is 0 Å². The third-order valence-electron chi connectivity index (χ3n) is 4.86. The summed E-state index contributed by atoms with van der Waals surface area (Å²) in [5.41, 5.74) is 7.57. The summed E-state index contributed by atoms with van der Waals surface area (Å²) in [6, 6.07) is 7.08. The smallest absolute Gasteiger partial charge is 0.343 e. The van der Waals surface area contributed by atoms with Gasteiger partial charge >= 0.3 is 5.97 Å². The number of amides is 1. The molecule has 1 aromatic carbocycles. The molecule has 8 nitrogen and oxygen atoms in total. The van der Waals surface area contributed by atoms with Crippen molar-refractivity contribution in [2.24, 2.45) is 0 Å². The van der Waals surface area contributed by atoms with Gasteiger partial charge in [0.1, 0.15) is 11.4 Å². The van der Waals surface area contributed by atoms with Crippen molar-refractivity contribution in [2.75, 3.05) is 45.1 Å². The summed E-state index contributed by atoms with van der Waals surface area (Å²) in [7, 11) is 0. The number of ether oxygens (including phenoxy) is 1. The molecule has 0 bridgehead atoms. The quantitative estimate of drug-likeness (QED) is 0.762. The van der Waals surface area contributed by atoms with Crippen molar-refractivity contribution in [3.63, 3.8) is 0 Å². The van der Waals surface area contributed by atoms with Gasteiger partial charge in [0.15, 0.2) is 0 Å². The maximum atomic E-state index is 12.7. The molecule has 0 unspecified atom stereocenters. The summed E-state index contributed by atoms with van der Waals surface area (Å²) < 4.78 is 6.43. The Morgan fingerprint density at radius 1 is 1.11 bits per heavy atom. The van der Waals surface area contributed by atoms with E-state index in [9.17, 15) is 9.59 Å². The molecule has 1 aromatic heterocycles. The molecule has 0 spiro atoms. The van der Waals surface area contributed by atoms with Gasteiger partial charge in [-0.1, -0.05) is 6.92 Å². The monoisotopic (exact) mass is 385 g/mol. The summed E-state index contributed by atoms with van der Waals surface area (Å²) in [6.07, 6.45) is 2.52. The Balaban J connectivity index is 1.69. The van der Waals surface area contributed by atoms with Crippen LogP contribution in [0.15, 0.2) is 30.5 Å². The lowest BCUT2D eigenvalue weighted by Crippen LogP contribution is -2.48. The van der Waals surface area contributed by atoms with Crippen molar-refractivity contribution in [1.82, 2.24) is 19.6 Å². The zero-order valence-corrected chi connectivity index (χ0v) is 16.4. The minimum atomic E-state index is -0.500. The Bertz CT molecular complexity index is 823. The Hall–Kier alpha value is -2.87. The molecule has 2 N–H and O–H groups in total. The van der Waals surface area contributed by atoms with E-state index >= 15 is 0 Å². The third-order valence-corrected chi connectivity index (χ3v) is 4.86. The van der Waals surface area contributed by atoms with Gasteiger partial charge in [0, 0.05) is 31.7 Å². The topological polar surface area (TPSA) is 93.7 Å². The number of nitrogens with two attached hydrogens (primary N) is 1. The van der Waals surface area contributed by atoms with Crippen LogP contribution in [0.3, 0.4) is 0 Å². The van der Waals surface area contributed by atoms with Gasteiger partial charge in [0.25, 0.3) is 5.91 Å². The van der Waals surface area contributed by atoms with Crippen LogP contribution in [0.25, 0.3) is 5.69 Å². The first kappa shape index (κ1) is 19.9. The highest BCUT2D eigenvalue weighted by Gasteiger charge is 2.22. The van der Waals surface area contributed by atoms with E-state index in [0.717, 1.165) is 39.1 Å². The fourth-order valence-corrected chi connectivity index (χ4v) is 3.35. The Kier molecular flexibility index (Phi) is 6.30. The van der Waals surface area contributed by atoms with Crippen LogP contribution in [0.2, 0.25) is 0 Å². The minimum Gasteiger partial charge on any atom is -0.462 e. The molecule has 0 atom stereocenters. The van der Waals surface area contributed by atoms with Gasteiger partial charge in [0.2, 0.25) is 0 Å². The number of benzene rings is 1. The number of esters is 1. The second-order valence-corrected chi connectivity index (χ2v) is 6.76. The van der Waals surface area contributed by atoms with Crippen LogP contribution in [0.4, 0.5) is 5.82 Å². The Morgan fingerprint density at radius 2 is 1.79 bits per heavy atom. The zero-order valence-electron chi connectivity index (χ0n) is 16.4. The number of rotatable bonds is 6. The van der Waals surface area contributed by atoms with Crippen molar-refractivity contribution in [3.8, 4) is 5.69 Å². The maximum absolute atomic E-state index is 12.7. The molecule has 1 amide bonds. The fraction of sp³-hybridized carbons (Fsp3) is 0.450. The van der Waals surface area contributed by atoms with Gasteiger partial charge in [-0.25, -0.2) is 9.48 Å². The lowest BCUT2D eigenvalue weighted by Gasteiger charge is -2.34. The predicted molar refractivity (Wildman–Crippen MR) is 107 cm³/mol. The molecule has 1 saturated heterocycles. The summed E-state index contributed by atoms with van der Waals surface area (Å²) in [5.74, 6) is -0.256. The molecule has 8 heteroatoms. The minimum absolute atomic E-state index is 0.0309.